The summed E-state index contributed by atoms with van der Waals surface area (Å²) in [5.41, 5.74) is 0. The topological polar surface area (TPSA) is 220 Å². The van der Waals surface area contributed by atoms with Crippen molar-refractivity contribution in [3.05, 3.63) is 0 Å². The molecular weight excluding hydrogens is 632 g/mol. The Morgan fingerprint density at radius 3 is 1.50 bits per heavy atom. The summed E-state index contributed by atoms with van der Waals surface area (Å²) in [4.78, 5) is 94.3. The van der Waals surface area contributed by atoms with Gasteiger partial charge in [-0.05, 0) is 12.8 Å². The smallest absolute Gasteiger partial charge is 0.323 e. The van der Waals surface area contributed by atoms with Gasteiger partial charge in [-0.15, -0.1) is 0 Å². The van der Waals surface area contributed by atoms with Gasteiger partial charge in [0, 0.05) is 97.4 Å². The number of carboxylic acids is 3. The molecule has 2 saturated heterocycles. The van der Waals surface area contributed by atoms with Gasteiger partial charge in [-0.1, -0.05) is 13.8 Å². The normalized spacial score (nSPS) is 18.1. The fraction of sp³-hybridized carbons (Fsp3) is 0.774. The van der Waals surface area contributed by atoms with Crippen molar-refractivity contribution in [3.8, 4) is 0 Å². The van der Waals surface area contributed by atoms with Crippen LogP contribution in [0.2, 0.25) is 0 Å². The van der Waals surface area contributed by atoms with E-state index in [1.807, 2.05) is 9.80 Å². The monoisotopic (exact) mass is 686 g/mol. The summed E-state index contributed by atoms with van der Waals surface area (Å²) in [6.07, 6.45) is 1.57. The number of rotatable bonds is 15. The number of ketones is 1. The van der Waals surface area contributed by atoms with E-state index in [4.69, 9.17) is 5.11 Å². The van der Waals surface area contributed by atoms with E-state index in [9.17, 15) is 48.9 Å². The molecule has 0 atom stereocenters. The fourth-order valence-corrected chi connectivity index (χ4v) is 5.67. The lowest BCUT2D eigenvalue weighted by molar-refractivity contribution is -0.148. The predicted octanol–water partition coefficient (Wildman–Crippen LogP) is -1.91. The Morgan fingerprint density at radius 2 is 1.10 bits per heavy atom. The molecule has 2 heterocycles. The molecule has 2 rings (SSSR count). The van der Waals surface area contributed by atoms with Gasteiger partial charge >= 0.3 is 17.9 Å². The Bertz CT molecular complexity index is 1070. The number of hydrogen-bond acceptors (Lipinski definition) is 12. The first-order valence-corrected chi connectivity index (χ1v) is 16.3. The van der Waals surface area contributed by atoms with Gasteiger partial charge in [-0.2, -0.15) is 0 Å². The number of aliphatic carboxylic acids is 3. The van der Waals surface area contributed by atoms with Crippen LogP contribution in [0.25, 0.3) is 0 Å². The molecule has 2 aliphatic rings. The molecule has 17 heteroatoms. The molecule has 0 aromatic carbocycles. The van der Waals surface area contributed by atoms with E-state index in [0.717, 1.165) is 13.4 Å². The molecule has 0 aromatic rings. The molecule has 17 nitrogen and oxygen atoms in total. The van der Waals surface area contributed by atoms with Gasteiger partial charge in [-0.3, -0.25) is 48.4 Å². The molecule has 0 saturated carbocycles. The molecule has 48 heavy (non-hydrogen) atoms. The largest absolute Gasteiger partial charge is 0.480 e. The van der Waals surface area contributed by atoms with Crippen molar-refractivity contribution in [1.82, 2.24) is 29.4 Å². The number of aliphatic hydroxyl groups excluding tert-OH is 1. The quantitative estimate of drug-likeness (QED) is 0.138. The Balaban J connectivity index is 0.00000565. The standard InChI is InChI=1S/C30H50N6O10.CH4O/c1-23(2)25(38)3-4-26(39)36(22-30(45)46)24-5-7-35(8-6-24)27(40)19-32-11-9-31(17-18-37)10-12-33(20-28(41)42)15-16-34(14-13-32)21-29(43)44;1-2/h18,23-24H,3-17,19-22H2,1-2H3,(H,41,42)(H,43,44)(H,45,46);2H,1H3. The lowest BCUT2D eigenvalue weighted by Gasteiger charge is -2.39. The van der Waals surface area contributed by atoms with Crippen molar-refractivity contribution in [1.29, 1.82) is 0 Å². The first-order valence-electron chi connectivity index (χ1n) is 16.3. The van der Waals surface area contributed by atoms with Crippen molar-refractivity contribution in [2.45, 2.75) is 45.6 Å². The summed E-state index contributed by atoms with van der Waals surface area (Å²) in [6, 6.07) is -0.370. The van der Waals surface area contributed by atoms with Crippen LogP contribution < -0.4 is 0 Å². The number of amides is 2. The van der Waals surface area contributed by atoms with Crippen molar-refractivity contribution >= 4 is 41.8 Å². The Morgan fingerprint density at radius 1 is 0.667 bits per heavy atom. The fourth-order valence-electron chi connectivity index (χ4n) is 5.67. The summed E-state index contributed by atoms with van der Waals surface area (Å²) in [6.45, 7) is 6.49. The highest BCUT2D eigenvalue weighted by atomic mass is 16.4. The predicted molar refractivity (Wildman–Crippen MR) is 173 cm³/mol. The molecule has 2 fully saturated rings. The Labute approximate surface area is 282 Å². The molecule has 2 amide bonds. The Kier molecular flexibility index (Phi) is 20.3. The molecule has 0 aliphatic carbocycles. The molecule has 0 unspecified atom stereocenters. The number of piperidine rings is 1. The molecule has 274 valence electrons. The van der Waals surface area contributed by atoms with Crippen LogP contribution in [0.5, 0.6) is 0 Å². The zero-order chi connectivity index (χ0) is 36.2. The summed E-state index contributed by atoms with van der Waals surface area (Å²) in [5, 5.41) is 35.1. The lowest BCUT2D eigenvalue weighted by Crippen LogP contribution is -2.53. The van der Waals surface area contributed by atoms with E-state index in [2.05, 4.69) is 0 Å². The maximum Gasteiger partial charge on any atom is 0.323 e. The third-order valence-corrected chi connectivity index (χ3v) is 8.45. The maximum absolute atomic E-state index is 13.4. The first-order chi connectivity index (χ1) is 22.8. The second kappa shape index (κ2) is 23.0. The zero-order valence-corrected chi connectivity index (χ0v) is 28.5. The van der Waals surface area contributed by atoms with Gasteiger partial charge in [-0.25, -0.2) is 0 Å². The van der Waals surface area contributed by atoms with E-state index in [1.165, 1.54) is 4.90 Å². The van der Waals surface area contributed by atoms with Gasteiger partial charge in [0.1, 0.15) is 18.6 Å². The molecule has 0 radical (unpaired) electrons. The van der Waals surface area contributed by atoms with Crippen LogP contribution in [0, 0.1) is 5.92 Å². The average Bonchev–Trinajstić information content (AvgIpc) is 3.03. The summed E-state index contributed by atoms with van der Waals surface area (Å²) < 4.78 is 0. The van der Waals surface area contributed by atoms with Crippen molar-refractivity contribution in [2.75, 3.05) is 105 Å². The average molecular weight is 687 g/mol. The van der Waals surface area contributed by atoms with E-state index in [1.54, 1.807) is 28.5 Å². The number of carbonyl (C=O) groups excluding carboxylic acids is 4. The minimum Gasteiger partial charge on any atom is -0.480 e. The van der Waals surface area contributed by atoms with Crippen LogP contribution in [0.4, 0.5) is 0 Å². The Hall–Kier alpha value is -3.51. The summed E-state index contributed by atoms with van der Waals surface area (Å²) in [5.74, 6) is -3.97. The molecule has 0 bridgehead atoms. The third-order valence-electron chi connectivity index (χ3n) is 8.45. The third kappa shape index (κ3) is 16.5. The lowest BCUT2D eigenvalue weighted by atomic mass is 10.0. The van der Waals surface area contributed by atoms with Crippen LogP contribution in [0.15, 0.2) is 0 Å². The van der Waals surface area contributed by atoms with Crippen LogP contribution >= 0.6 is 0 Å². The molecule has 2 aliphatic heterocycles. The van der Waals surface area contributed by atoms with Crippen molar-refractivity contribution < 1.29 is 54.0 Å². The zero-order valence-electron chi connectivity index (χ0n) is 28.5. The highest BCUT2D eigenvalue weighted by Gasteiger charge is 2.32. The number of carboxylic acid groups (broad SMARTS) is 3. The maximum atomic E-state index is 13.4. The summed E-state index contributed by atoms with van der Waals surface area (Å²) in [7, 11) is 1.00. The SMILES string of the molecule is CC(C)C(=O)CCC(=O)N(CC(=O)O)C1CCN(C(=O)CN2CCN(CC=O)CCN(CC(=O)O)CCN(CC(=O)O)CC2)CC1.CO. The highest BCUT2D eigenvalue weighted by Crippen LogP contribution is 2.19. The van der Waals surface area contributed by atoms with E-state index < -0.39 is 30.4 Å². The van der Waals surface area contributed by atoms with Gasteiger partial charge in [0.05, 0.1) is 26.2 Å². The van der Waals surface area contributed by atoms with E-state index in [0.29, 0.717) is 78.3 Å². The highest BCUT2D eigenvalue weighted by molar-refractivity contribution is 5.87. The molecule has 0 spiro atoms. The van der Waals surface area contributed by atoms with Crippen LogP contribution in [0.1, 0.15) is 39.5 Å². The number of carbonyl (C=O) groups is 7. The van der Waals surface area contributed by atoms with Crippen LogP contribution in [-0.2, 0) is 33.6 Å². The van der Waals surface area contributed by atoms with E-state index in [-0.39, 0.29) is 62.7 Å². The molecular formula is C31H54N6O11. The number of Topliss-reactive ketones (excluding diaryl/α,β-unsaturated/α-hetero) is 1. The van der Waals surface area contributed by atoms with Gasteiger partial charge < -0.3 is 35.0 Å². The molecule has 0 aromatic heterocycles. The minimum absolute atomic E-state index is 0.0501. The van der Waals surface area contributed by atoms with Gasteiger partial charge in [0.15, 0.2) is 0 Å². The molecule has 4 N–H and O–H groups in total. The minimum atomic E-state index is -1.15. The van der Waals surface area contributed by atoms with E-state index >= 15 is 0 Å². The number of aliphatic hydroxyl groups is 1. The number of aldehydes is 1. The number of hydrogen-bond donors (Lipinski definition) is 4. The second-order valence-electron chi connectivity index (χ2n) is 12.2. The van der Waals surface area contributed by atoms with Crippen molar-refractivity contribution in [2.24, 2.45) is 5.92 Å². The van der Waals surface area contributed by atoms with Crippen LogP contribution in [0.3, 0.4) is 0 Å². The van der Waals surface area contributed by atoms with Gasteiger partial charge in [0.2, 0.25) is 11.8 Å². The number of likely N-dealkylation sites (tertiary alicyclic amines) is 1. The van der Waals surface area contributed by atoms with Crippen molar-refractivity contribution in [3.63, 3.8) is 0 Å². The van der Waals surface area contributed by atoms with Crippen LogP contribution in [-0.4, -0.2) is 203 Å². The summed E-state index contributed by atoms with van der Waals surface area (Å²) >= 11 is 0. The van der Waals surface area contributed by atoms with Gasteiger partial charge in [0.25, 0.3) is 0 Å². The second-order valence-corrected chi connectivity index (χ2v) is 12.2. The first kappa shape index (κ1) is 42.5. The number of nitrogens with zero attached hydrogens (tertiary/aromatic N) is 6.